The summed E-state index contributed by atoms with van der Waals surface area (Å²) in [5.74, 6) is 0.358. The molecule has 0 aliphatic rings. The Labute approximate surface area is 163 Å². The molecular weight excluding hydrogens is 384 g/mol. The van der Waals surface area contributed by atoms with Gasteiger partial charge in [0, 0.05) is 10.3 Å². The van der Waals surface area contributed by atoms with E-state index < -0.39 is 10.0 Å². The Morgan fingerprint density at radius 1 is 1.23 bits per heavy atom. The fourth-order valence-corrected chi connectivity index (χ4v) is 6.37. The highest BCUT2D eigenvalue weighted by atomic mass is 32.2. The van der Waals surface area contributed by atoms with Gasteiger partial charge in [0.05, 0.1) is 16.3 Å². The molecule has 1 aromatic carbocycles. The molecule has 0 radical (unpaired) electrons. The van der Waals surface area contributed by atoms with E-state index in [1.807, 2.05) is 37.4 Å². The van der Waals surface area contributed by atoms with Gasteiger partial charge in [-0.2, -0.15) is 0 Å². The van der Waals surface area contributed by atoms with Gasteiger partial charge in [0.25, 0.3) is 10.0 Å². The SMILES string of the molecule is CCc1ccccc1NS(=O)(=O)c1cc(-c2nc(C(C)C)cs2)sc1C. The maximum Gasteiger partial charge on any atom is 0.263 e. The lowest BCUT2D eigenvalue weighted by Crippen LogP contribution is -2.14. The minimum absolute atomic E-state index is 0.324. The van der Waals surface area contributed by atoms with Crippen LogP contribution in [0.25, 0.3) is 9.88 Å². The maximum absolute atomic E-state index is 12.9. The van der Waals surface area contributed by atoms with Crippen molar-refractivity contribution in [2.75, 3.05) is 4.72 Å². The summed E-state index contributed by atoms with van der Waals surface area (Å²) < 4.78 is 28.6. The second-order valence-corrected chi connectivity index (χ2v) is 10.1. The summed E-state index contributed by atoms with van der Waals surface area (Å²) in [5.41, 5.74) is 2.65. The number of hydrogen-bond donors (Lipinski definition) is 1. The third-order valence-corrected chi connectivity index (χ3v) is 7.83. The number of aryl methyl sites for hydroxylation is 2. The predicted octanol–water partition coefficient (Wildman–Crippen LogP) is 5.67. The number of hydrogen-bond acceptors (Lipinski definition) is 5. The minimum atomic E-state index is -3.64. The highest BCUT2D eigenvalue weighted by Crippen LogP contribution is 2.36. The van der Waals surface area contributed by atoms with Crippen molar-refractivity contribution in [3.8, 4) is 9.88 Å². The summed E-state index contributed by atoms with van der Waals surface area (Å²) in [6.07, 6.45) is 0.768. The first-order chi connectivity index (χ1) is 12.3. The monoisotopic (exact) mass is 406 g/mol. The number of sulfonamides is 1. The zero-order valence-electron chi connectivity index (χ0n) is 15.2. The summed E-state index contributed by atoms with van der Waals surface area (Å²) in [5, 5.41) is 2.91. The Hall–Kier alpha value is -1.70. The zero-order valence-corrected chi connectivity index (χ0v) is 17.7. The molecule has 4 nitrogen and oxygen atoms in total. The number of benzene rings is 1. The van der Waals surface area contributed by atoms with Crippen molar-refractivity contribution in [1.82, 2.24) is 4.98 Å². The summed E-state index contributed by atoms with van der Waals surface area (Å²) in [6.45, 7) is 8.05. The second kappa shape index (κ2) is 7.50. The van der Waals surface area contributed by atoms with Crippen LogP contribution in [-0.4, -0.2) is 13.4 Å². The highest BCUT2D eigenvalue weighted by molar-refractivity contribution is 7.93. The largest absolute Gasteiger partial charge is 0.279 e. The van der Waals surface area contributed by atoms with Gasteiger partial charge in [-0.3, -0.25) is 4.72 Å². The molecule has 0 aliphatic heterocycles. The van der Waals surface area contributed by atoms with Gasteiger partial charge < -0.3 is 0 Å². The zero-order chi connectivity index (χ0) is 18.9. The average molecular weight is 407 g/mol. The Balaban J connectivity index is 1.94. The van der Waals surface area contributed by atoms with Crippen LogP contribution in [0.5, 0.6) is 0 Å². The topological polar surface area (TPSA) is 59.1 Å². The fourth-order valence-electron chi connectivity index (χ4n) is 2.63. The number of nitrogens with one attached hydrogen (secondary N) is 1. The first-order valence-corrected chi connectivity index (χ1v) is 11.7. The number of anilines is 1. The summed E-state index contributed by atoms with van der Waals surface area (Å²) in [7, 11) is -3.64. The van der Waals surface area contributed by atoms with E-state index in [4.69, 9.17) is 0 Å². The van der Waals surface area contributed by atoms with Crippen molar-refractivity contribution in [1.29, 1.82) is 0 Å². The molecule has 3 rings (SSSR count). The van der Waals surface area contributed by atoms with Gasteiger partial charge in [0.1, 0.15) is 9.90 Å². The van der Waals surface area contributed by atoms with Crippen LogP contribution in [0.3, 0.4) is 0 Å². The molecule has 0 spiro atoms. The normalized spacial score (nSPS) is 11.9. The molecule has 0 bridgehead atoms. The van der Waals surface area contributed by atoms with Crippen molar-refractivity contribution < 1.29 is 8.42 Å². The molecule has 2 aromatic heterocycles. The molecule has 2 heterocycles. The fraction of sp³-hybridized carbons (Fsp3) is 0.316. The smallest absolute Gasteiger partial charge is 0.263 e. The quantitative estimate of drug-likeness (QED) is 0.574. The molecule has 0 aliphatic carbocycles. The third-order valence-electron chi connectivity index (χ3n) is 4.13. The van der Waals surface area contributed by atoms with Crippen molar-refractivity contribution in [3.63, 3.8) is 0 Å². The Bertz CT molecular complexity index is 1020. The van der Waals surface area contributed by atoms with E-state index in [0.29, 0.717) is 16.5 Å². The lowest BCUT2D eigenvalue weighted by molar-refractivity contribution is 0.601. The Morgan fingerprint density at radius 2 is 1.96 bits per heavy atom. The average Bonchev–Trinajstić information content (AvgIpc) is 3.22. The van der Waals surface area contributed by atoms with Crippen LogP contribution in [0.15, 0.2) is 40.6 Å². The van der Waals surface area contributed by atoms with Gasteiger partial charge in [0.15, 0.2) is 0 Å². The molecule has 0 unspecified atom stereocenters. The number of para-hydroxylation sites is 1. The van der Waals surface area contributed by atoms with Crippen LogP contribution in [-0.2, 0) is 16.4 Å². The van der Waals surface area contributed by atoms with Crippen molar-refractivity contribution >= 4 is 38.4 Å². The highest BCUT2D eigenvalue weighted by Gasteiger charge is 2.22. The van der Waals surface area contributed by atoms with Gasteiger partial charge in [-0.25, -0.2) is 13.4 Å². The van der Waals surface area contributed by atoms with Crippen LogP contribution < -0.4 is 4.72 Å². The lowest BCUT2D eigenvalue weighted by Gasteiger charge is -2.11. The van der Waals surface area contributed by atoms with Crippen LogP contribution in [0, 0.1) is 6.92 Å². The van der Waals surface area contributed by atoms with Crippen molar-refractivity contribution in [2.24, 2.45) is 0 Å². The Kier molecular flexibility index (Phi) is 5.50. The minimum Gasteiger partial charge on any atom is -0.279 e. The molecule has 26 heavy (non-hydrogen) atoms. The van der Waals surface area contributed by atoms with Gasteiger partial charge in [-0.05, 0) is 37.0 Å². The first kappa shape index (κ1) is 19.1. The number of nitrogens with zero attached hydrogens (tertiary/aromatic N) is 1. The number of rotatable bonds is 6. The third kappa shape index (κ3) is 3.84. The van der Waals surface area contributed by atoms with Crippen LogP contribution in [0.4, 0.5) is 5.69 Å². The van der Waals surface area contributed by atoms with Crippen LogP contribution in [0.1, 0.15) is 42.8 Å². The van der Waals surface area contributed by atoms with E-state index >= 15 is 0 Å². The molecule has 0 saturated heterocycles. The summed E-state index contributed by atoms with van der Waals surface area (Å²) in [6, 6.07) is 9.23. The Morgan fingerprint density at radius 3 is 2.62 bits per heavy atom. The lowest BCUT2D eigenvalue weighted by atomic mass is 10.1. The van der Waals surface area contributed by atoms with Gasteiger partial charge >= 0.3 is 0 Å². The summed E-state index contributed by atoms with van der Waals surface area (Å²) in [4.78, 5) is 6.62. The van der Waals surface area contributed by atoms with E-state index in [0.717, 1.165) is 32.4 Å². The van der Waals surface area contributed by atoms with Gasteiger partial charge in [-0.1, -0.05) is 39.0 Å². The molecule has 0 amide bonds. The molecule has 7 heteroatoms. The molecule has 0 saturated carbocycles. The van der Waals surface area contributed by atoms with Crippen LogP contribution >= 0.6 is 22.7 Å². The molecule has 0 fully saturated rings. The predicted molar refractivity (Wildman–Crippen MR) is 111 cm³/mol. The number of aromatic nitrogens is 1. The van der Waals surface area contributed by atoms with Gasteiger partial charge in [0.2, 0.25) is 0 Å². The molecule has 3 aromatic rings. The van der Waals surface area contributed by atoms with Crippen molar-refractivity contribution in [2.45, 2.75) is 44.9 Å². The van der Waals surface area contributed by atoms with Gasteiger partial charge in [-0.15, -0.1) is 22.7 Å². The van der Waals surface area contributed by atoms with Crippen molar-refractivity contribution in [3.05, 3.63) is 51.8 Å². The molecule has 0 atom stereocenters. The maximum atomic E-state index is 12.9. The van der Waals surface area contributed by atoms with E-state index in [2.05, 4.69) is 23.6 Å². The van der Waals surface area contributed by atoms with Crippen LogP contribution in [0.2, 0.25) is 0 Å². The number of thiophene rings is 1. The number of thiazole rings is 1. The van der Waals surface area contributed by atoms with E-state index in [1.165, 1.54) is 11.3 Å². The second-order valence-electron chi connectivity index (χ2n) is 6.38. The van der Waals surface area contributed by atoms with E-state index in [1.54, 1.807) is 23.5 Å². The molecule has 1 N–H and O–H groups in total. The first-order valence-electron chi connectivity index (χ1n) is 8.48. The van der Waals surface area contributed by atoms with E-state index in [-0.39, 0.29) is 0 Å². The standard InChI is InChI=1S/C19H22N2O2S3/c1-5-14-8-6-7-9-15(14)21-26(22,23)18-10-17(25-13(18)4)19-20-16(11-24-19)12(2)3/h6-12,21H,5H2,1-4H3. The summed E-state index contributed by atoms with van der Waals surface area (Å²) >= 11 is 3.03. The van der Waals surface area contributed by atoms with E-state index in [9.17, 15) is 8.42 Å². The molecule has 138 valence electrons. The molecular formula is C19H22N2O2S3.